The molecule has 2 rings (SSSR count). The van der Waals surface area contributed by atoms with Crippen LogP contribution >= 0.6 is 15.2 Å². The van der Waals surface area contributed by atoms with E-state index in [2.05, 4.69) is 15.3 Å². The minimum absolute atomic E-state index is 0.0571. The van der Waals surface area contributed by atoms with Gasteiger partial charge in [-0.15, -0.1) is 0 Å². The highest BCUT2D eigenvalue weighted by Gasteiger charge is 2.51. The third-order valence-corrected chi connectivity index (χ3v) is 10.5. The summed E-state index contributed by atoms with van der Waals surface area (Å²) in [6.45, 7) is 7.32. The molecule has 0 saturated carbocycles. The molecule has 1 N–H and O–H groups in total. The van der Waals surface area contributed by atoms with Gasteiger partial charge in [0.05, 0.1) is 26.4 Å². The number of nitrogens with zero attached hydrogens (tertiary/aromatic N) is 3. The van der Waals surface area contributed by atoms with Gasteiger partial charge in [-0.05, 0) is 52.0 Å². The first kappa shape index (κ1) is 30.1. The van der Waals surface area contributed by atoms with E-state index >= 15 is 0 Å². The van der Waals surface area contributed by atoms with Crippen molar-refractivity contribution in [2.24, 2.45) is 0 Å². The van der Waals surface area contributed by atoms with Gasteiger partial charge in [0.2, 0.25) is 5.52 Å². The van der Waals surface area contributed by atoms with Crippen molar-refractivity contribution in [2.45, 2.75) is 39.6 Å². The molecule has 0 aliphatic rings. The average molecular weight is 543 g/mol. The van der Waals surface area contributed by atoms with Crippen molar-refractivity contribution in [3.8, 4) is 0 Å². The van der Waals surface area contributed by atoms with Gasteiger partial charge >= 0.3 is 15.2 Å². The number of carbonyl (C=O) groups excluding carboxylic acids is 1. The maximum atomic E-state index is 13.6. The van der Waals surface area contributed by atoms with Crippen LogP contribution in [0.15, 0.2) is 42.7 Å². The lowest BCUT2D eigenvalue weighted by atomic mass is 10.1. The molecule has 0 radical (unpaired) electrons. The third-order valence-electron chi connectivity index (χ3n) is 4.91. The Labute approximate surface area is 213 Å². The van der Waals surface area contributed by atoms with E-state index in [0.29, 0.717) is 12.1 Å². The summed E-state index contributed by atoms with van der Waals surface area (Å²) in [6.07, 6.45) is 3.36. The first-order chi connectivity index (χ1) is 17.2. The molecule has 0 atom stereocenters. The summed E-state index contributed by atoms with van der Waals surface area (Å²) in [5.41, 5.74) is -1.05. The van der Waals surface area contributed by atoms with Crippen molar-refractivity contribution in [3.05, 3.63) is 48.3 Å². The molecule has 2 aromatic rings. The van der Waals surface area contributed by atoms with Crippen LogP contribution < -0.4 is 10.2 Å². The molecule has 0 aromatic carbocycles. The second kappa shape index (κ2) is 14.6. The second-order valence-corrected chi connectivity index (χ2v) is 12.1. The second-order valence-electron chi connectivity index (χ2n) is 7.48. The Balaban J connectivity index is 2.21. The molecule has 0 saturated heterocycles. The molecule has 0 amide bonds. The van der Waals surface area contributed by atoms with Gasteiger partial charge in [0.15, 0.2) is 5.78 Å². The number of pyridine rings is 2. The van der Waals surface area contributed by atoms with E-state index in [0.717, 1.165) is 5.82 Å². The Morgan fingerprint density at radius 2 is 1.50 bits per heavy atom. The summed E-state index contributed by atoms with van der Waals surface area (Å²) in [7, 11) is -6.13. The number of rotatable bonds is 17. The fraction of sp³-hybridized carbons (Fsp3) is 0.522. The highest BCUT2D eigenvalue weighted by atomic mass is 31.2. The predicted molar refractivity (Wildman–Crippen MR) is 140 cm³/mol. The summed E-state index contributed by atoms with van der Waals surface area (Å²) < 4.78 is 49.0. The molecule has 2 heterocycles. The van der Waals surface area contributed by atoms with E-state index in [9.17, 15) is 13.9 Å². The Bertz CT molecular complexity index is 991. The van der Waals surface area contributed by atoms with Crippen LogP contribution in [0.1, 0.15) is 44.5 Å². The minimum Gasteiger partial charge on any atom is -0.359 e. The van der Waals surface area contributed by atoms with Gasteiger partial charge in [-0.1, -0.05) is 6.07 Å². The lowest BCUT2D eigenvalue weighted by Crippen LogP contribution is -2.26. The van der Waals surface area contributed by atoms with Crippen LogP contribution in [-0.2, 0) is 27.2 Å². The Hall–Kier alpha value is -2.13. The van der Waals surface area contributed by atoms with E-state index in [1.165, 1.54) is 12.3 Å². The maximum absolute atomic E-state index is 13.6. The zero-order chi connectivity index (χ0) is 26.6. The van der Waals surface area contributed by atoms with Crippen LogP contribution in [0.3, 0.4) is 0 Å². The molecular formula is C23H36N4O7P2. The summed E-state index contributed by atoms with van der Waals surface area (Å²) >= 11 is 0. The van der Waals surface area contributed by atoms with Crippen LogP contribution in [0, 0.1) is 0 Å². The molecule has 0 fully saturated rings. The zero-order valence-corrected chi connectivity index (χ0v) is 23.2. The van der Waals surface area contributed by atoms with Gasteiger partial charge in [0.1, 0.15) is 11.6 Å². The van der Waals surface area contributed by atoms with Crippen molar-refractivity contribution in [1.29, 1.82) is 0 Å². The smallest absolute Gasteiger partial charge is 0.359 e. The van der Waals surface area contributed by atoms with Crippen molar-refractivity contribution in [2.75, 3.05) is 50.2 Å². The standard InChI is InChI=1S/C23H36N4O7P2/c1-6-31-35(29,32-7-2)23(36(30,33-8-3)34-9-4)26-21-14-13-19(18-25-21)20(28)15-17-27(5)22-12-10-11-16-24-22/h10-14,16,18,23H,6-9,15,17H2,1-5H3,(H,25,26). The topological polar surface area (TPSA) is 129 Å². The number of carbonyl (C=O) groups is 1. The van der Waals surface area contributed by atoms with Crippen LogP contribution in [0.25, 0.3) is 0 Å². The van der Waals surface area contributed by atoms with E-state index in [1.54, 1.807) is 40.0 Å². The highest BCUT2D eigenvalue weighted by Crippen LogP contribution is 2.70. The third kappa shape index (κ3) is 8.20. The molecule has 0 bridgehead atoms. The molecule has 200 valence electrons. The van der Waals surface area contributed by atoms with E-state index in [-0.39, 0.29) is 44.4 Å². The average Bonchev–Trinajstić information content (AvgIpc) is 2.87. The maximum Gasteiger partial charge on any atom is 0.365 e. The SMILES string of the molecule is CCOP(=O)(OCC)C(Nc1ccc(C(=O)CCN(C)c2ccccn2)cn1)P(=O)(OCC)OCC. The van der Waals surface area contributed by atoms with Gasteiger partial charge in [-0.3, -0.25) is 13.9 Å². The summed E-state index contributed by atoms with van der Waals surface area (Å²) in [6, 6.07) is 8.71. The first-order valence-electron chi connectivity index (χ1n) is 11.9. The minimum atomic E-state index is -4.00. The largest absolute Gasteiger partial charge is 0.365 e. The number of ketones is 1. The molecule has 0 aliphatic heterocycles. The lowest BCUT2D eigenvalue weighted by Gasteiger charge is -2.31. The Kier molecular flexibility index (Phi) is 12.2. The van der Waals surface area contributed by atoms with E-state index in [4.69, 9.17) is 18.1 Å². The Morgan fingerprint density at radius 3 is 1.94 bits per heavy atom. The number of aromatic nitrogens is 2. The first-order valence-corrected chi connectivity index (χ1v) is 15.1. The van der Waals surface area contributed by atoms with Crippen molar-refractivity contribution >= 4 is 32.6 Å². The Morgan fingerprint density at radius 1 is 0.917 bits per heavy atom. The number of hydrogen-bond donors (Lipinski definition) is 1. The molecule has 36 heavy (non-hydrogen) atoms. The lowest BCUT2D eigenvalue weighted by molar-refractivity contribution is 0.0984. The van der Waals surface area contributed by atoms with Gasteiger partial charge in [0.25, 0.3) is 0 Å². The molecule has 2 aromatic heterocycles. The van der Waals surface area contributed by atoms with Crippen LogP contribution in [0.2, 0.25) is 0 Å². The zero-order valence-electron chi connectivity index (χ0n) is 21.5. The number of hydrogen-bond acceptors (Lipinski definition) is 11. The summed E-state index contributed by atoms with van der Waals surface area (Å²) in [5, 5.41) is 2.87. The molecule has 0 aliphatic carbocycles. The van der Waals surface area contributed by atoms with Crippen molar-refractivity contribution < 1.29 is 32.0 Å². The van der Waals surface area contributed by atoms with Crippen molar-refractivity contribution in [3.63, 3.8) is 0 Å². The summed E-state index contributed by atoms with van der Waals surface area (Å²) in [5.74, 6) is 0.883. The van der Waals surface area contributed by atoms with E-state index < -0.39 is 20.7 Å². The molecular weight excluding hydrogens is 506 g/mol. The summed E-state index contributed by atoms with van der Waals surface area (Å²) in [4.78, 5) is 23.1. The van der Waals surface area contributed by atoms with Crippen LogP contribution in [0.5, 0.6) is 0 Å². The number of nitrogens with one attached hydrogen (secondary N) is 1. The molecule has 13 heteroatoms. The fourth-order valence-electron chi connectivity index (χ4n) is 3.29. The highest BCUT2D eigenvalue weighted by molar-refractivity contribution is 7.72. The quantitative estimate of drug-likeness (QED) is 0.203. The van der Waals surface area contributed by atoms with Crippen LogP contribution in [-0.4, -0.2) is 61.3 Å². The number of Topliss-reactive ketones (excluding diaryl/α,β-unsaturated/α-hetero) is 1. The van der Waals surface area contributed by atoms with E-state index in [1.807, 2.05) is 30.1 Å². The van der Waals surface area contributed by atoms with Gasteiger partial charge < -0.3 is 28.3 Å². The normalized spacial score (nSPS) is 12.1. The van der Waals surface area contributed by atoms with Gasteiger partial charge in [-0.2, -0.15) is 0 Å². The molecule has 11 nitrogen and oxygen atoms in total. The van der Waals surface area contributed by atoms with Gasteiger partial charge in [0, 0.05) is 38.0 Å². The predicted octanol–water partition coefficient (Wildman–Crippen LogP) is 5.41. The molecule has 0 unspecified atom stereocenters. The molecule has 0 spiro atoms. The van der Waals surface area contributed by atoms with Crippen LogP contribution in [0.4, 0.5) is 11.6 Å². The van der Waals surface area contributed by atoms with Gasteiger partial charge in [-0.25, -0.2) is 9.97 Å². The fourth-order valence-corrected chi connectivity index (χ4v) is 8.21. The van der Waals surface area contributed by atoms with Crippen molar-refractivity contribution in [1.82, 2.24) is 9.97 Å². The monoisotopic (exact) mass is 542 g/mol. The number of anilines is 2.